The van der Waals surface area contributed by atoms with Crippen molar-refractivity contribution in [2.45, 2.75) is 37.2 Å². The molecular weight excluding hydrogens is 220 g/mol. The summed E-state index contributed by atoms with van der Waals surface area (Å²) in [5.74, 6) is 0. The van der Waals surface area contributed by atoms with Gasteiger partial charge in [-0.2, -0.15) is 0 Å². The van der Waals surface area contributed by atoms with Gasteiger partial charge in [0.05, 0.1) is 0 Å². The van der Waals surface area contributed by atoms with Gasteiger partial charge < -0.3 is 10.2 Å². The lowest BCUT2D eigenvalue weighted by molar-refractivity contribution is 0.487. The zero-order valence-corrected chi connectivity index (χ0v) is 10.4. The van der Waals surface area contributed by atoms with Crippen LogP contribution in [-0.4, -0.2) is 10.2 Å². The normalized spacial score (nSPS) is 11.4. The molecule has 0 aliphatic heterocycles. The zero-order valence-electron chi connectivity index (χ0n) is 9.56. The highest BCUT2D eigenvalue weighted by atomic mass is 32.2. The number of anilines is 1. The van der Waals surface area contributed by atoms with Gasteiger partial charge in [-0.3, -0.25) is 0 Å². The van der Waals surface area contributed by atoms with Gasteiger partial charge >= 0.3 is 0 Å². The molecule has 4 heteroatoms. The monoisotopic (exact) mass is 236 g/mol. The minimum absolute atomic E-state index is 0.574. The summed E-state index contributed by atoms with van der Waals surface area (Å²) in [6.07, 6.45) is 2.25. The van der Waals surface area contributed by atoms with Crippen LogP contribution >= 0.6 is 11.8 Å². The van der Waals surface area contributed by atoms with Crippen LogP contribution in [0, 0.1) is 0 Å². The first-order valence-corrected chi connectivity index (χ1v) is 6.43. The maximum absolute atomic E-state index is 5.69. The number of thioether (sulfide) groups is 1. The van der Waals surface area contributed by atoms with Gasteiger partial charge in [0.2, 0.25) is 0 Å². The highest BCUT2D eigenvalue weighted by molar-refractivity contribution is 7.99. The molecule has 0 aliphatic carbocycles. The molecule has 3 nitrogen and oxygen atoms in total. The fourth-order valence-corrected chi connectivity index (χ4v) is 2.48. The van der Waals surface area contributed by atoms with Crippen molar-refractivity contribution < 1.29 is 4.42 Å². The van der Waals surface area contributed by atoms with Crippen LogP contribution in [0.1, 0.15) is 26.7 Å². The third-order valence-electron chi connectivity index (χ3n) is 2.57. The first-order valence-electron chi connectivity index (χ1n) is 5.55. The first-order chi connectivity index (χ1) is 7.72. The van der Waals surface area contributed by atoms with Crippen LogP contribution < -0.4 is 5.73 Å². The van der Waals surface area contributed by atoms with E-state index in [4.69, 9.17) is 10.2 Å². The lowest BCUT2D eigenvalue weighted by Gasteiger charge is -2.07. The number of nitrogen functional groups attached to an aromatic ring is 1. The molecule has 0 saturated heterocycles. The van der Waals surface area contributed by atoms with Crippen LogP contribution in [0.4, 0.5) is 5.69 Å². The van der Waals surface area contributed by atoms with Crippen molar-refractivity contribution in [2.75, 3.05) is 5.73 Å². The Morgan fingerprint density at radius 2 is 2.12 bits per heavy atom. The predicted molar refractivity (Wildman–Crippen MR) is 68.6 cm³/mol. The molecule has 0 bridgehead atoms. The molecule has 16 heavy (non-hydrogen) atoms. The first kappa shape index (κ1) is 11.3. The molecule has 0 spiro atoms. The highest BCUT2D eigenvalue weighted by Gasteiger charge is 2.11. The van der Waals surface area contributed by atoms with E-state index in [9.17, 15) is 0 Å². The van der Waals surface area contributed by atoms with Crippen LogP contribution in [0.25, 0.3) is 11.1 Å². The number of nitrogens with two attached hydrogens (primary N) is 1. The maximum Gasteiger partial charge on any atom is 0.257 e. The van der Waals surface area contributed by atoms with E-state index in [-0.39, 0.29) is 0 Å². The van der Waals surface area contributed by atoms with Gasteiger partial charge in [-0.05, 0) is 25.0 Å². The molecule has 1 aromatic heterocycles. The van der Waals surface area contributed by atoms with E-state index in [1.54, 1.807) is 11.8 Å². The van der Waals surface area contributed by atoms with Crippen molar-refractivity contribution in [1.82, 2.24) is 4.98 Å². The number of hydrogen-bond donors (Lipinski definition) is 1. The molecule has 0 unspecified atom stereocenters. The fourth-order valence-electron chi connectivity index (χ4n) is 1.57. The molecule has 0 aliphatic rings. The molecule has 2 N–H and O–H groups in total. The fraction of sp³-hybridized carbons (Fsp3) is 0.417. The van der Waals surface area contributed by atoms with E-state index in [1.165, 1.54) is 0 Å². The Labute approximate surface area is 99.4 Å². The van der Waals surface area contributed by atoms with E-state index in [0.717, 1.165) is 29.2 Å². The molecule has 86 valence electrons. The zero-order chi connectivity index (χ0) is 11.5. The molecule has 1 aromatic carbocycles. The smallest absolute Gasteiger partial charge is 0.257 e. The summed E-state index contributed by atoms with van der Waals surface area (Å²) in [5.41, 5.74) is 8.05. The predicted octanol–water partition coefficient (Wildman–Crippen LogP) is 3.69. The number of rotatable bonds is 4. The van der Waals surface area contributed by atoms with Crippen LogP contribution in [0.5, 0.6) is 0 Å². The highest BCUT2D eigenvalue weighted by Crippen LogP contribution is 2.30. The third kappa shape index (κ3) is 2.32. The lowest BCUT2D eigenvalue weighted by Crippen LogP contribution is -1.97. The second-order valence-electron chi connectivity index (χ2n) is 3.76. The standard InChI is InChI=1S/C12H16N2OS/c1-3-9(4-2)16-12-14-10-6-5-8(13)7-11(10)15-12/h5-7,9H,3-4,13H2,1-2H3. The molecule has 2 rings (SSSR count). The molecular formula is C12H16N2OS. The van der Waals surface area contributed by atoms with Crippen LogP contribution in [0.2, 0.25) is 0 Å². The third-order valence-corrected chi connectivity index (χ3v) is 3.95. The molecule has 0 amide bonds. The van der Waals surface area contributed by atoms with Gasteiger partial charge in [-0.1, -0.05) is 25.6 Å². The maximum atomic E-state index is 5.69. The number of nitrogens with zero attached hydrogens (tertiary/aromatic N) is 1. The quantitative estimate of drug-likeness (QED) is 0.649. The van der Waals surface area contributed by atoms with Crippen molar-refractivity contribution in [2.24, 2.45) is 0 Å². The lowest BCUT2D eigenvalue weighted by atomic mass is 10.3. The molecule has 0 fully saturated rings. The molecule has 1 heterocycles. The van der Waals surface area contributed by atoms with Gasteiger partial charge in [0.15, 0.2) is 5.58 Å². The molecule has 2 aromatic rings. The summed E-state index contributed by atoms with van der Waals surface area (Å²) < 4.78 is 5.65. The number of benzene rings is 1. The van der Waals surface area contributed by atoms with Crippen molar-refractivity contribution in [3.63, 3.8) is 0 Å². The number of oxazole rings is 1. The van der Waals surface area contributed by atoms with Crippen LogP contribution in [-0.2, 0) is 0 Å². The Bertz CT molecular complexity index is 477. The Kier molecular flexibility index (Phi) is 3.39. The summed E-state index contributed by atoms with van der Waals surface area (Å²) in [5, 5.41) is 1.32. The van der Waals surface area contributed by atoms with Crippen LogP contribution in [0.3, 0.4) is 0 Å². The summed E-state index contributed by atoms with van der Waals surface area (Å²) in [7, 11) is 0. The largest absolute Gasteiger partial charge is 0.431 e. The second-order valence-corrected chi connectivity index (χ2v) is 5.01. The SMILES string of the molecule is CCC(CC)Sc1nc2ccc(N)cc2o1. The van der Waals surface area contributed by atoms with Crippen molar-refractivity contribution >= 4 is 28.5 Å². The van der Waals surface area contributed by atoms with Gasteiger partial charge in [0.25, 0.3) is 5.22 Å². The average Bonchev–Trinajstić information content (AvgIpc) is 2.67. The topological polar surface area (TPSA) is 52.0 Å². The molecule has 0 atom stereocenters. The molecule has 0 saturated carbocycles. The van der Waals surface area contributed by atoms with Crippen LogP contribution in [0.15, 0.2) is 27.8 Å². The van der Waals surface area contributed by atoms with Gasteiger partial charge in [-0.25, -0.2) is 4.98 Å². The van der Waals surface area contributed by atoms with Gasteiger partial charge in [-0.15, -0.1) is 0 Å². The summed E-state index contributed by atoms with van der Waals surface area (Å²) in [4.78, 5) is 4.43. The number of fused-ring (bicyclic) bond motifs is 1. The van der Waals surface area contributed by atoms with E-state index < -0.39 is 0 Å². The van der Waals surface area contributed by atoms with E-state index in [1.807, 2.05) is 18.2 Å². The minimum Gasteiger partial charge on any atom is -0.431 e. The Balaban J connectivity index is 2.25. The van der Waals surface area contributed by atoms with Gasteiger partial charge in [0, 0.05) is 17.0 Å². The van der Waals surface area contributed by atoms with Crippen molar-refractivity contribution in [3.8, 4) is 0 Å². The van der Waals surface area contributed by atoms with E-state index in [2.05, 4.69) is 18.8 Å². The number of hydrogen-bond acceptors (Lipinski definition) is 4. The Hall–Kier alpha value is -1.16. The van der Waals surface area contributed by atoms with E-state index in [0.29, 0.717) is 10.9 Å². The summed E-state index contributed by atoms with van der Waals surface area (Å²) >= 11 is 1.70. The second kappa shape index (κ2) is 4.78. The minimum atomic E-state index is 0.574. The van der Waals surface area contributed by atoms with E-state index >= 15 is 0 Å². The van der Waals surface area contributed by atoms with Crippen molar-refractivity contribution in [3.05, 3.63) is 18.2 Å². The number of aromatic nitrogens is 1. The average molecular weight is 236 g/mol. The summed E-state index contributed by atoms with van der Waals surface area (Å²) in [6.45, 7) is 4.36. The summed E-state index contributed by atoms with van der Waals surface area (Å²) in [6, 6.07) is 5.56. The van der Waals surface area contributed by atoms with Crippen molar-refractivity contribution in [1.29, 1.82) is 0 Å². The Morgan fingerprint density at radius 1 is 1.38 bits per heavy atom. The Morgan fingerprint density at radius 3 is 2.81 bits per heavy atom. The molecule has 0 radical (unpaired) electrons. The van der Waals surface area contributed by atoms with Gasteiger partial charge in [0.1, 0.15) is 5.52 Å².